The Morgan fingerprint density at radius 2 is 2.20 bits per heavy atom. The predicted molar refractivity (Wildman–Crippen MR) is 76.3 cm³/mol. The first-order valence-electron chi connectivity index (χ1n) is 6.50. The van der Waals surface area contributed by atoms with Crippen molar-refractivity contribution in [3.8, 4) is 0 Å². The predicted octanol–water partition coefficient (Wildman–Crippen LogP) is 0.826. The summed E-state index contributed by atoms with van der Waals surface area (Å²) in [6, 6.07) is 0.102. The van der Waals surface area contributed by atoms with Crippen molar-refractivity contribution >= 4 is 34.1 Å². The van der Waals surface area contributed by atoms with E-state index < -0.39 is 10.8 Å². The molecule has 1 unspecified atom stereocenters. The highest BCUT2D eigenvalue weighted by atomic mass is 35.5. The Balaban J connectivity index is 1.85. The Kier molecular flexibility index (Phi) is 3.64. The van der Waals surface area contributed by atoms with Gasteiger partial charge < -0.3 is 10.2 Å². The molecule has 108 valence electrons. The minimum atomic E-state index is -1.06. The number of fused-ring (bicyclic) bond motifs is 1. The Labute approximate surface area is 124 Å². The van der Waals surface area contributed by atoms with Gasteiger partial charge in [-0.1, -0.05) is 0 Å². The molecule has 0 aliphatic carbocycles. The van der Waals surface area contributed by atoms with Crippen LogP contribution in [0.5, 0.6) is 0 Å². The minimum Gasteiger partial charge on any atom is -0.364 e. The molecular formula is C12H15ClN4O2S. The number of carbonyl (C=O) groups excluding carboxylic acids is 1. The van der Waals surface area contributed by atoms with E-state index in [2.05, 4.69) is 15.3 Å². The molecule has 1 aromatic heterocycles. The molecule has 8 heteroatoms. The molecule has 6 nitrogen and oxygen atoms in total. The maximum absolute atomic E-state index is 12.0. The molecule has 2 atom stereocenters. The van der Waals surface area contributed by atoms with Gasteiger partial charge in [0.05, 0.1) is 16.5 Å². The van der Waals surface area contributed by atoms with Crippen LogP contribution in [0.3, 0.4) is 0 Å². The fraction of sp³-hybridized carbons (Fsp3) is 0.583. The first-order chi connectivity index (χ1) is 9.54. The number of aryl methyl sites for hydroxylation is 1. The maximum Gasteiger partial charge on any atom is 0.224 e. The number of aromatic nitrogens is 2. The third kappa shape index (κ3) is 2.52. The number of hydrogen-bond acceptors (Lipinski definition) is 5. The molecule has 0 radical (unpaired) electrons. The van der Waals surface area contributed by atoms with Gasteiger partial charge in [0.1, 0.15) is 10.7 Å². The van der Waals surface area contributed by atoms with Gasteiger partial charge in [-0.2, -0.15) is 4.98 Å². The molecule has 1 saturated heterocycles. The van der Waals surface area contributed by atoms with Crippen molar-refractivity contribution < 1.29 is 9.00 Å². The molecule has 3 rings (SSSR count). The van der Waals surface area contributed by atoms with E-state index in [1.54, 1.807) is 11.9 Å². The highest BCUT2D eigenvalue weighted by Gasteiger charge is 2.29. The Morgan fingerprint density at radius 3 is 2.95 bits per heavy atom. The van der Waals surface area contributed by atoms with E-state index in [9.17, 15) is 9.00 Å². The van der Waals surface area contributed by atoms with Crippen molar-refractivity contribution in [2.24, 2.45) is 0 Å². The average Bonchev–Trinajstić information content (AvgIpc) is 2.75. The van der Waals surface area contributed by atoms with Crippen LogP contribution in [-0.4, -0.2) is 50.4 Å². The van der Waals surface area contributed by atoms with Crippen LogP contribution < -0.4 is 5.32 Å². The lowest BCUT2D eigenvalue weighted by molar-refractivity contribution is -0.132. The zero-order valence-electron chi connectivity index (χ0n) is 11.1. The third-order valence-electron chi connectivity index (χ3n) is 3.63. The zero-order valence-corrected chi connectivity index (χ0v) is 12.6. The standard InChI is InChI=1S/C12H15ClN4O2S/c1-17-6-7(2-3-9(17)18)14-11-10-8(4-5-20(10)19)15-12(13)16-11/h7H,2-6H2,1H3,(H,14,15,16)/t7?,20-/m1/s1. The second kappa shape index (κ2) is 5.29. The maximum atomic E-state index is 12.0. The third-order valence-corrected chi connectivity index (χ3v) is 5.26. The number of rotatable bonds is 2. The lowest BCUT2D eigenvalue weighted by Gasteiger charge is -2.30. The summed E-state index contributed by atoms with van der Waals surface area (Å²) in [5, 5.41) is 3.45. The van der Waals surface area contributed by atoms with Crippen molar-refractivity contribution in [3.05, 3.63) is 11.0 Å². The van der Waals surface area contributed by atoms with Crippen LogP contribution >= 0.6 is 11.6 Å². The number of halogens is 1. The van der Waals surface area contributed by atoms with Gasteiger partial charge in [0, 0.05) is 38.2 Å². The molecule has 1 fully saturated rings. The first-order valence-corrected chi connectivity index (χ1v) is 8.19. The number of amides is 1. The first kappa shape index (κ1) is 13.8. The molecule has 2 aliphatic rings. The molecule has 0 aromatic carbocycles. The fourth-order valence-corrected chi connectivity index (χ4v) is 4.09. The van der Waals surface area contributed by atoms with Crippen LogP contribution in [0.25, 0.3) is 0 Å². The van der Waals surface area contributed by atoms with Crippen LogP contribution in [0, 0.1) is 0 Å². The van der Waals surface area contributed by atoms with Gasteiger partial charge in [0.15, 0.2) is 0 Å². The van der Waals surface area contributed by atoms with Crippen LogP contribution in [0.1, 0.15) is 18.5 Å². The summed E-state index contributed by atoms with van der Waals surface area (Å²) in [5.74, 6) is 1.28. The normalized spacial score (nSPS) is 25.7. The van der Waals surface area contributed by atoms with E-state index in [4.69, 9.17) is 11.6 Å². The topological polar surface area (TPSA) is 75.2 Å². The summed E-state index contributed by atoms with van der Waals surface area (Å²) in [4.78, 5) is 22.2. The van der Waals surface area contributed by atoms with Gasteiger partial charge in [-0.3, -0.25) is 9.00 Å². The van der Waals surface area contributed by atoms with Crippen LogP contribution in [0.15, 0.2) is 4.90 Å². The molecule has 0 spiro atoms. The zero-order chi connectivity index (χ0) is 14.3. The molecule has 1 amide bonds. The molecule has 1 N–H and O–H groups in total. The van der Waals surface area contributed by atoms with Gasteiger partial charge in [0.25, 0.3) is 0 Å². The highest BCUT2D eigenvalue weighted by molar-refractivity contribution is 7.85. The van der Waals surface area contributed by atoms with Crippen LogP contribution in [0.2, 0.25) is 5.28 Å². The highest BCUT2D eigenvalue weighted by Crippen LogP contribution is 2.30. The molecule has 0 bridgehead atoms. The molecule has 1 aromatic rings. The van der Waals surface area contributed by atoms with Crippen molar-refractivity contribution in [2.45, 2.75) is 30.2 Å². The van der Waals surface area contributed by atoms with E-state index in [1.165, 1.54) is 0 Å². The van der Waals surface area contributed by atoms with Crippen molar-refractivity contribution in [2.75, 3.05) is 24.7 Å². The number of anilines is 1. The Bertz CT molecular complexity index is 595. The second-order valence-corrected chi connectivity index (χ2v) is 6.92. The van der Waals surface area contributed by atoms with Gasteiger partial charge >= 0.3 is 0 Å². The number of piperidine rings is 1. The second-order valence-electron chi connectivity index (χ2n) is 5.07. The number of likely N-dealkylation sites (N-methyl/N-ethyl adjacent to an activating group) is 1. The van der Waals surface area contributed by atoms with Gasteiger partial charge in [-0.25, -0.2) is 4.98 Å². The van der Waals surface area contributed by atoms with Crippen molar-refractivity contribution in [1.29, 1.82) is 0 Å². The smallest absolute Gasteiger partial charge is 0.224 e. The Morgan fingerprint density at radius 1 is 1.40 bits per heavy atom. The van der Waals surface area contributed by atoms with E-state index in [1.807, 2.05) is 0 Å². The minimum absolute atomic E-state index is 0.102. The van der Waals surface area contributed by atoms with Gasteiger partial charge in [-0.15, -0.1) is 0 Å². The number of nitrogens with one attached hydrogen (secondary N) is 1. The number of carbonyl (C=O) groups is 1. The lowest BCUT2D eigenvalue weighted by atomic mass is 10.1. The van der Waals surface area contributed by atoms with E-state index in [0.29, 0.717) is 35.9 Å². The summed E-state index contributed by atoms with van der Waals surface area (Å²) in [6.45, 7) is 0.613. The molecule has 0 saturated carbocycles. The summed E-state index contributed by atoms with van der Waals surface area (Å²) in [7, 11) is 0.719. The summed E-state index contributed by atoms with van der Waals surface area (Å²) in [6.07, 6.45) is 1.92. The van der Waals surface area contributed by atoms with E-state index in [-0.39, 0.29) is 17.2 Å². The lowest BCUT2D eigenvalue weighted by Crippen LogP contribution is -2.43. The van der Waals surface area contributed by atoms with E-state index in [0.717, 1.165) is 12.1 Å². The largest absolute Gasteiger partial charge is 0.364 e. The summed E-state index contributed by atoms with van der Waals surface area (Å²) >= 11 is 5.92. The SMILES string of the molecule is CN1CC(Nc2nc(Cl)nc3c2[S@](=O)CC3)CCC1=O. The number of hydrogen-bond donors (Lipinski definition) is 1. The van der Waals surface area contributed by atoms with Crippen LogP contribution in [0.4, 0.5) is 5.82 Å². The molecule has 2 aliphatic heterocycles. The molecular weight excluding hydrogens is 300 g/mol. The number of likely N-dealkylation sites (tertiary alicyclic amines) is 1. The van der Waals surface area contributed by atoms with Gasteiger partial charge in [0.2, 0.25) is 11.2 Å². The quantitative estimate of drug-likeness (QED) is 0.818. The van der Waals surface area contributed by atoms with E-state index >= 15 is 0 Å². The Hall–Kier alpha value is -1.21. The van der Waals surface area contributed by atoms with Crippen molar-refractivity contribution in [1.82, 2.24) is 14.9 Å². The summed E-state index contributed by atoms with van der Waals surface area (Å²) in [5.41, 5.74) is 0.770. The van der Waals surface area contributed by atoms with Crippen molar-refractivity contribution in [3.63, 3.8) is 0 Å². The monoisotopic (exact) mass is 314 g/mol. The molecule has 20 heavy (non-hydrogen) atoms. The van der Waals surface area contributed by atoms with Crippen LogP contribution in [-0.2, 0) is 22.0 Å². The summed E-state index contributed by atoms with van der Waals surface area (Å²) < 4.78 is 12.0. The van der Waals surface area contributed by atoms with Gasteiger partial charge in [-0.05, 0) is 18.0 Å². The average molecular weight is 315 g/mol. The molecule has 3 heterocycles. The number of nitrogens with zero attached hydrogens (tertiary/aromatic N) is 3. The fourth-order valence-electron chi connectivity index (χ4n) is 2.59.